The highest BCUT2D eigenvalue weighted by Gasteiger charge is 2.12. The predicted octanol–water partition coefficient (Wildman–Crippen LogP) is 3.69. The lowest BCUT2D eigenvalue weighted by Crippen LogP contribution is -1.85. The van der Waals surface area contributed by atoms with Crippen molar-refractivity contribution in [3.8, 4) is 11.5 Å². The predicted molar refractivity (Wildman–Crippen MR) is 57.8 cm³/mol. The zero-order valence-electron chi connectivity index (χ0n) is 6.07. The molecular formula is C7H5Br3O2. The minimum Gasteiger partial charge on any atom is -0.503 e. The van der Waals surface area contributed by atoms with Gasteiger partial charge in [0.05, 0.1) is 11.6 Å². The van der Waals surface area contributed by atoms with E-state index >= 15 is 0 Å². The van der Waals surface area contributed by atoms with E-state index in [1.165, 1.54) is 7.11 Å². The van der Waals surface area contributed by atoms with E-state index in [-0.39, 0.29) is 5.75 Å². The molecule has 0 aliphatic carbocycles. The Hall–Kier alpha value is 0.260. The van der Waals surface area contributed by atoms with Crippen molar-refractivity contribution >= 4 is 47.8 Å². The highest BCUT2D eigenvalue weighted by molar-refractivity contribution is 9.14. The molecule has 2 nitrogen and oxygen atoms in total. The van der Waals surface area contributed by atoms with E-state index < -0.39 is 0 Å². The maximum absolute atomic E-state index is 9.48. The van der Waals surface area contributed by atoms with Crippen LogP contribution >= 0.6 is 47.8 Å². The Morgan fingerprint density at radius 1 is 1.25 bits per heavy atom. The van der Waals surface area contributed by atoms with E-state index in [0.717, 1.165) is 8.95 Å². The molecule has 0 fully saturated rings. The van der Waals surface area contributed by atoms with Crippen LogP contribution in [0.1, 0.15) is 0 Å². The first-order valence-electron chi connectivity index (χ1n) is 2.98. The molecule has 0 heterocycles. The largest absolute Gasteiger partial charge is 0.503 e. The molecule has 66 valence electrons. The molecule has 0 bridgehead atoms. The van der Waals surface area contributed by atoms with Gasteiger partial charge in [0.1, 0.15) is 0 Å². The lowest BCUT2D eigenvalue weighted by atomic mass is 10.3. The number of benzene rings is 1. The smallest absolute Gasteiger partial charge is 0.173 e. The molecule has 0 radical (unpaired) electrons. The second-order valence-electron chi connectivity index (χ2n) is 2.04. The van der Waals surface area contributed by atoms with Gasteiger partial charge in [-0.2, -0.15) is 0 Å². The van der Waals surface area contributed by atoms with Gasteiger partial charge in [-0.15, -0.1) is 0 Å². The van der Waals surface area contributed by atoms with Crippen LogP contribution in [0.2, 0.25) is 0 Å². The lowest BCUT2D eigenvalue weighted by Gasteiger charge is -2.07. The normalized spacial score (nSPS) is 10.0. The van der Waals surface area contributed by atoms with E-state index in [0.29, 0.717) is 10.2 Å². The maximum atomic E-state index is 9.48. The summed E-state index contributed by atoms with van der Waals surface area (Å²) in [4.78, 5) is 0. The number of phenols is 1. The second-order valence-corrected chi connectivity index (χ2v) is 4.48. The quantitative estimate of drug-likeness (QED) is 0.774. The highest BCUT2D eigenvalue weighted by Crippen LogP contribution is 2.43. The van der Waals surface area contributed by atoms with Crippen molar-refractivity contribution in [2.45, 2.75) is 0 Å². The molecule has 0 unspecified atom stereocenters. The van der Waals surface area contributed by atoms with E-state index in [1.54, 1.807) is 6.07 Å². The van der Waals surface area contributed by atoms with Crippen molar-refractivity contribution in [3.05, 3.63) is 19.5 Å². The molecule has 1 aromatic carbocycles. The number of methoxy groups -OCH3 is 1. The van der Waals surface area contributed by atoms with E-state index in [1.807, 2.05) is 0 Å². The number of rotatable bonds is 1. The molecule has 1 rings (SSSR count). The third kappa shape index (κ3) is 1.78. The van der Waals surface area contributed by atoms with Gasteiger partial charge in [-0.3, -0.25) is 0 Å². The Morgan fingerprint density at radius 2 is 1.83 bits per heavy atom. The van der Waals surface area contributed by atoms with E-state index in [4.69, 9.17) is 4.74 Å². The van der Waals surface area contributed by atoms with Gasteiger partial charge >= 0.3 is 0 Å². The van der Waals surface area contributed by atoms with Gasteiger partial charge in [-0.05, 0) is 53.9 Å². The van der Waals surface area contributed by atoms with Gasteiger partial charge < -0.3 is 9.84 Å². The molecule has 0 aliphatic rings. The van der Waals surface area contributed by atoms with Crippen molar-refractivity contribution in [2.75, 3.05) is 7.11 Å². The van der Waals surface area contributed by atoms with Crippen LogP contribution in [0.15, 0.2) is 19.5 Å². The zero-order valence-corrected chi connectivity index (χ0v) is 10.8. The number of hydrogen-bond donors (Lipinski definition) is 1. The molecule has 1 N–H and O–H groups in total. The van der Waals surface area contributed by atoms with Crippen molar-refractivity contribution in [2.24, 2.45) is 0 Å². The van der Waals surface area contributed by atoms with Gasteiger partial charge in [0.2, 0.25) is 0 Å². The lowest BCUT2D eigenvalue weighted by molar-refractivity contribution is 0.371. The molecule has 0 aromatic heterocycles. The first-order chi connectivity index (χ1) is 5.57. The highest BCUT2D eigenvalue weighted by atomic mass is 79.9. The topological polar surface area (TPSA) is 29.5 Å². The fourth-order valence-electron chi connectivity index (χ4n) is 0.719. The summed E-state index contributed by atoms with van der Waals surface area (Å²) >= 11 is 9.80. The van der Waals surface area contributed by atoms with Crippen LogP contribution in [0.3, 0.4) is 0 Å². The first-order valence-corrected chi connectivity index (χ1v) is 5.36. The molecule has 1 aromatic rings. The van der Waals surface area contributed by atoms with Crippen molar-refractivity contribution < 1.29 is 9.84 Å². The van der Waals surface area contributed by atoms with E-state index in [2.05, 4.69) is 47.8 Å². The summed E-state index contributed by atoms with van der Waals surface area (Å²) in [7, 11) is 1.50. The van der Waals surface area contributed by atoms with Crippen molar-refractivity contribution in [1.82, 2.24) is 0 Å². The summed E-state index contributed by atoms with van der Waals surface area (Å²) in [6, 6.07) is 1.68. The summed E-state index contributed by atoms with van der Waals surface area (Å²) in [6.07, 6.45) is 0. The van der Waals surface area contributed by atoms with Crippen molar-refractivity contribution in [3.63, 3.8) is 0 Å². The van der Waals surface area contributed by atoms with Crippen LogP contribution in [0.4, 0.5) is 0 Å². The number of ether oxygens (including phenoxy) is 1. The molecular weight excluding hydrogens is 356 g/mol. The van der Waals surface area contributed by atoms with Gasteiger partial charge in [0.15, 0.2) is 11.5 Å². The van der Waals surface area contributed by atoms with E-state index in [9.17, 15) is 5.11 Å². The summed E-state index contributed by atoms with van der Waals surface area (Å²) in [5.41, 5.74) is 0. The number of hydrogen-bond acceptors (Lipinski definition) is 2. The summed E-state index contributed by atoms with van der Waals surface area (Å²) < 4.78 is 7.10. The zero-order chi connectivity index (χ0) is 9.30. The average Bonchev–Trinajstić information content (AvgIpc) is 2.08. The van der Waals surface area contributed by atoms with Crippen LogP contribution in [0.25, 0.3) is 0 Å². The second kappa shape index (κ2) is 3.98. The number of phenolic OH excluding ortho intramolecular Hbond substituents is 1. The van der Waals surface area contributed by atoms with Crippen LogP contribution in [-0.2, 0) is 0 Å². The van der Waals surface area contributed by atoms with Crippen molar-refractivity contribution in [1.29, 1.82) is 0 Å². The molecule has 0 saturated carbocycles. The molecule has 0 atom stereocenters. The Balaban J connectivity index is 3.39. The molecule has 0 aliphatic heterocycles. The number of aromatic hydroxyl groups is 1. The minimum absolute atomic E-state index is 0.0903. The molecule has 0 saturated heterocycles. The van der Waals surface area contributed by atoms with Gasteiger partial charge in [-0.1, -0.05) is 0 Å². The van der Waals surface area contributed by atoms with Crippen LogP contribution in [0, 0.1) is 0 Å². The average molecular weight is 361 g/mol. The van der Waals surface area contributed by atoms with Crippen LogP contribution < -0.4 is 4.74 Å². The molecule has 0 amide bonds. The third-order valence-corrected chi connectivity index (χ3v) is 4.61. The standard InChI is InChI=1S/C7H5Br3O2/c1-12-4-2-3(8)5(9)6(10)7(4)11/h2,11H,1H3. The first kappa shape index (κ1) is 10.3. The summed E-state index contributed by atoms with van der Waals surface area (Å²) in [6.45, 7) is 0. The summed E-state index contributed by atoms with van der Waals surface area (Å²) in [5.74, 6) is 0.518. The van der Waals surface area contributed by atoms with Gasteiger partial charge in [0, 0.05) is 8.95 Å². The molecule has 5 heteroatoms. The Labute approximate surface area is 95.3 Å². The van der Waals surface area contributed by atoms with Crippen LogP contribution in [0.5, 0.6) is 11.5 Å². The van der Waals surface area contributed by atoms with Gasteiger partial charge in [-0.25, -0.2) is 0 Å². The number of halogens is 3. The monoisotopic (exact) mass is 358 g/mol. The fraction of sp³-hybridized carbons (Fsp3) is 0.143. The SMILES string of the molecule is COc1cc(Br)c(Br)c(Br)c1O. The maximum Gasteiger partial charge on any atom is 0.173 e. The molecule has 0 spiro atoms. The Morgan fingerprint density at radius 3 is 2.33 bits per heavy atom. The summed E-state index contributed by atoms with van der Waals surface area (Å²) in [5, 5.41) is 9.48. The Kier molecular flexibility index (Phi) is 3.43. The molecule has 12 heavy (non-hydrogen) atoms. The van der Waals surface area contributed by atoms with Crippen LogP contribution in [-0.4, -0.2) is 12.2 Å². The minimum atomic E-state index is 0.0903. The van der Waals surface area contributed by atoms with Gasteiger partial charge in [0.25, 0.3) is 0 Å². The fourth-order valence-corrected chi connectivity index (χ4v) is 2.10. The third-order valence-electron chi connectivity index (χ3n) is 1.32. The Bertz CT molecular complexity index is 312.